The molecule has 7 heteroatoms. The summed E-state index contributed by atoms with van der Waals surface area (Å²) in [6.45, 7) is 7.41. The SMILES string of the molecule is C[C@@H]1CCC[C@H](C)N1C(=O)CN1C(=O)C(C)(C)Oc2ccc(C(=O)Nc3ccccc3)cc21. The minimum atomic E-state index is -1.11. The van der Waals surface area contributed by atoms with Gasteiger partial charge >= 0.3 is 0 Å². The van der Waals surface area contributed by atoms with Gasteiger partial charge in [0.15, 0.2) is 5.60 Å². The van der Waals surface area contributed by atoms with Crippen LogP contribution < -0.4 is 15.0 Å². The zero-order chi connectivity index (χ0) is 23.8. The third-order valence-corrected chi connectivity index (χ3v) is 6.44. The van der Waals surface area contributed by atoms with E-state index in [4.69, 9.17) is 4.74 Å². The number of ether oxygens (including phenoxy) is 1. The first kappa shape index (κ1) is 22.8. The van der Waals surface area contributed by atoms with Gasteiger partial charge in [-0.3, -0.25) is 19.3 Å². The molecule has 2 atom stereocenters. The van der Waals surface area contributed by atoms with E-state index in [-0.39, 0.29) is 36.3 Å². The van der Waals surface area contributed by atoms with Gasteiger partial charge < -0.3 is 15.0 Å². The summed E-state index contributed by atoms with van der Waals surface area (Å²) in [6.07, 6.45) is 3.01. The number of nitrogens with one attached hydrogen (secondary N) is 1. The average Bonchev–Trinajstić information content (AvgIpc) is 2.77. The molecular weight excluding hydrogens is 418 g/mol. The first-order valence-corrected chi connectivity index (χ1v) is 11.5. The predicted molar refractivity (Wildman–Crippen MR) is 128 cm³/mol. The Morgan fingerprint density at radius 2 is 1.73 bits per heavy atom. The minimum Gasteiger partial charge on any atom is -0.476 e. The first-order valence-electron chi connectivity index (χ1n) is 11.5. The third-order valence-electron chi connectivity index (χ3n) is 6.44. The number of piperidine rings is 1. The van der Waals surface area contributed by atoms with Crippen LogP contribution in [0.4, 0.5) is 11.4 Å². The van der Waals surface area contributed by atoms with Crippen molar-refractivity contribution in [1.82, 2.24) is 4.90 Å². The van der Waals surface area contributed by atoms with Gasteiger partial charge in [-0.25, -0.2) is 0 Å². The number of likely N-dealkylation sites (tertiary alicyclic amines) is 1. The lowest BCUT2D eigenvalue weighted by Gasteiger charge is -2.42. The van der Waals surface area contributed by atoms with Gasteiger partial charge in [-0.15, -0.1) is 0 Å². The van der Waals surface area contributed by atoms with E-state index in [0.717, 1.165) is 19.3 Å². The fraction of sp³-hybridized carbons (Fsp3) is 0.423. The Bertz CT molecular complexity index is 1060. The van der Waals surface area contributed by atoms with E-state index in [1.807, 2.05) is 23.1 Å². The number of hydrogen-bond donors (Lipinski definition) is 1. The molecule has 1 saturated heterocycles. The number of benzene rings is 2. The highest BCUT2D eigenvalue weighted by atomic mass is 16.5. The van der Waals surface area contributed by atoms with Crippen LogP contribution >= 0.6 is 0 Å². The maximum Gasteiger partial charge on any atom is 0.271 e. The second kappa shape index (κ2) is 8.89. The number of nitrogens with zero attached hydrogens (tertiary/aromatic N) is 2. The Balaban J connectivity index is 1.63. The molecule has 0 saturated carbocycles. The van der Waals surface area contributed by atoms with E-state index in [2.05, 4.69) is 19.2 Å². The molecule has 7 nitrogen and oxygen atoms in total. The minimum absolute atomic E-state index is 0.0862. The van der Waals surface area contributed by atoms with Crippen LogP contribution in [-0.4, -0.2) is 46.9 Å². The monoisotopic (exact) mass is 449 g/mol. The molecule has 2 heterocycles. The number of anilines is 2. The van der Waals surface area contributed by atoms with Gasteiger partial charge in [-0.05, 0) is 77.3 Å². The molecule has 4 rings (SSSR count). The van der Waals surface area contributed by atoms with Crippen molar-refractivity contribution in [1.29, 1.82) is 0 Å². The van der Waals surface area contributed by atoms with Gasteiger partial charge in [0, 0.05) is 23.3 Å². The Kier molecular flexibility index (Phi) is 6.15. The van der Waals surface area contributed by atoms with Crippen molar-refractivity contribution in [2.45, 2.75) is 64.6 Å². The zero-order valence-electron chi connectivity index (χ0n) is 19.6. The van der Waals surface area contributed by atoms with Gasteiger partial charge in [0.25, 0.3) is 11.8 Å². The molecule has 0 bridgehead atoms. The van der Waals surface area contributed by atoms with E-state index in [0.29, 0.717) is 22.7 Å². The van der Waals surface area contributed by atoms with E-state index in [9.17, 15) is 14.4 Å². The van der Waals surface area contributed by atoms with Crippen molar-refractivity contribution in [3.63, 3.8) is 0 Å². The van der Waals surface area contributed by atoms with E-state index in [1.54, 1.807) is 44.2 Å². The van der Waals surface area contributed by atoms with Crippen LogP contribution in [-0.2, 0) is 9.59 Å². The molecule has 0 aromatic heterocycles. The maximum atomic E-state index is 13.3. The van der Waals surface area contributed by atoms with Gasteiger partial charge in [0.2, 0.25) is 5.91 Å². The highest BCUT2D eigenvalue weighted by Crippen LogP contribution is 2.39. The molecule has 2 aromatic rings. The summed E-state index contributed by atoms with van der Waals surface area (Å²) in [4.78, 5) is 42.8. The first-order chi connectivity index (χ1) is 15.7. The quantitative estimate of drug-likeness (QED) is 0.758. The summed E-state index contributed by atoms with van der Waals surface area (Å²) < 4.78 is 5.94. The number of fused-ring (bicyclic) bond motifs is 1. The van der Waals surface area contributed by atoms with E-state index in [1.165, 1.54) is 4.90 Å². The van der Waals surface area contributed by atoms with Crippen LogP contribution in [0, 0.1) is 0 Å². The van der Waals surface area contributed by atoms with Crippen molar-refractivity contribution >= 4 is 29.1 Å². The second-order valence-corrected chi connectivity index (χ2v) is 9.44. The van der Waals surface area contributed by atoms with Crippen LogP contribution in [0.2, 0.25) is 0 Å². The summed E-state index contributed by atoms with van der Waals surface area (Å²) in [5.41, 5.74) is 0.380. The van der Waals surface area contributed by atoms with Crippen LogP contribution in [0.1, 0.15) is 57.3 Å². The summed E-state index contributed by atoms with van der Waals surface area (Å²) in [7, 11) is 0. The van der Waals surface area contributed by atoms with Crippen molar-refractivity contribution in [3.8, 4) is 5.75 Å². The molecule has 174 valence electrons. The Labute approximate surface area is 194 Å². The topological polar surface area (TPSA) is 79.0 Å². The number of carbonyl (C=O) groups excluding carboxylic acids is 3. The van der Waals surface area contributed by atoms with E-state index >= 15 is 0 Å². The lowest BCUT2D eigenvalue weighted by atomic mass is 9.97. The molecule has 2 aromatic carbocycles. The molecule has 1 fully saturated rings. The normalized spacial score (nSPS) is 21.8. The highest BCUT2D eigenvalue weighted by molar-refractivity contribution is 6.09. The maximum absolute atomic E-state index is 13.3. The van der Waals surface area contributed by atoms with Crippen LogP contribution in [0.15, 0.2) is 48.5 Å². The summed E-state index contributed by atoms with van der Waals surface area (Å²) >= 11 is 0. The zero-order valence-corrected chi connectivity index (χ0v) is 19.6. The molecule has 33 heavy (non-hydrogen) atoms. The fourth-order valence-electron chi connectivity index (χ4n) is 4.72. The molecular formula is C26H31N3O4. The van der Waals surface area contributed by atoms with Crippen molar-refractivity contribution in [3.05, 3.63) is 54.1 Å². The van der Waals surface area contributed by atoms with Crippen molar-refractivity contribution in [2.75, 3.05) is 16.8 Å². The Morgan fingerprint density at radius 1 is 1.06 bits per heavy atom. The second-order valence-electron chi connectivity index (χ2n) is 9.44. The lowest BCUT2D eigenvalue weighted by Crippen LogP contribution is -2.57. The molecule has 0 radical (unpaired) electrons. The van der Waals surface area contributed by atoms with Crippen LogP contribution in [0.3, 0.4) is 0 Å². The number of para-hydroxylation sites is 1. The van der Waals surface area contributed by atoms with Crippen molar-refractivity contribution in [2.24, 2.45) is 0 Å². The van der Waals surface area contributed by atoms with Crippen LogP contribution in [0.25, 0.3) is 0 Å². The lowest BCUT2D eigenvalue weighted by molar-refractivity contribution is -0.139. The number of amides is 3. The fourth-order valence-corrected chi connectivity index (χ4v) is 4.72. The molecule has 1 N–H and O–H groups in total. The Hall–Kier alpha value is -3.35. The number of rotatable bonds is 4. The largest absolute Gasteiger partial charge is 0.476 e. The summed E-state index contributed by atoms with van der Waals surface area (Å²) in [5.74, 6) is -0.221. The van der Waals surface area contributed by atoms with Crippen LogP contribution in [0.5, 0.6) is 5.75 Å². The van der Waals surface area contributed by atoms with Gasteiger partial charge in [0.1, 0.15) is 12.3 Å². The smallest absolute Gasteiger partial charge is 0.271 e. The molecule has 0 spiro atoms. The molecule has 3 amide bonds. The van der Waals surface area contributed by atoms with Gasteiger partial charge in [-0.2, -0.15) is 0 Å². The predicted octanol–water partition coefficient (Wildman–Crippen LogP) is 4.23. The average molecular weight is 450 g/mol. The third kappa shape index (κ3) is 4.58. The Morgan fingerprint density at radius 3 is 2.39 bits per heavy atom. The summed E-state index contributed by atoms with van der Waals surface area (Å²) in [5, 5.41) is 2.85. The number of hydrogen-bond acceptors (Lipinski definition) is 4. The van der Waals surface area contributed by atoms with E-state index < -0.39 is 5.60 Å². The van der Waals surface area contributed by atoms with Crippen molar-refractivity contribution < 1.29 is 19.1 Å². The summed E-state index contributed by atoms with van der Waals surface area (Å²) in [6, 6.07) is 14.4. The molecule has 2 aliphatic rings. The molecule has 2 aliphatic heterocycles. The molecule has 0 aliphatic carbocycles. The van der Waals surface area contributed by atoms with Gasteiger partial charge in [0.05, 0.1) is 5.69 Å². The highest BCUT2D eigenvalue weighted by Gasteiger charge is 2.43. The number of carbonyl (C=O) groups is 3. The standard InChI is InChI=1S/C26H31N3O4/c1-17-9-8-10-18(2)29(17)23(30)16-28-21-15-19(24(31)27-20-11-6-5-7-12-20)13-14-22(21)33-26(3,4)25(28)32/h5-7,11-15,17-18H,8-10,16H2,1-4H3,(H,27,31)/t17-,18+. The van der Waals surface area contributed by atoms with Gasteiger partial charge in [-0.1, -0.05) is 18.2 Å². The molecule has 0 unspecified atom stereocenters.